The van der Waals surface area contributed by atoms with Crippen LogP contribution in [0.1, 0.15) is 45.4 Å². The zero-order valence-electron chi connectivity index (χ0n) is 12.1. The zero-order chi connectivity index (χ0) is 15.8. The molecule has 1 fully saturated rings. The first-order valence-corrected chi connectivity index (χ1v) is 8.19. The van der Waals surface area contributed by atoms with E-state index in [1.165, 1.54) is 0 Å². The van der Waals surface area contributed by atoms with Crippen LogP contribution in [0.5, 0.6) is 0 Å². The van der Waals surface area contributed by atoms with Crippen LogP contribution in [-0.2, 0) is 19.1 Å². The standard InChI is InChI=1S/C14H22O6S/c1-9-5-3-2-4-6-10(15)14(19)11(7-13(18)20-9)21-8-12(16)17/h9-11,15H,2-8H2,1H3,(H,16,17)/t9-,10-,11-/m0/s1. The van der Waals surface area contributed by atoms with Gasteiger partial charge in [-0.15, -0.1) is 11.8 Å². The highest BCUT2D eigenvalue weighted by molar-refractivity contribution is 8.01. The Balaban J connectivity index is 2.74. The molecule has 0 spiro atoms. The Bertz CT molecular complexity index is 384. The second-order valence-corrected chi connectivity index (χ2v) is 6.45. The summed E-state index contributed by atoms with van der Waals surface area (Å²) in [6.07, 6.45) is 2.03. The SMILES string of the molecule is C[C@H]1CCCCC[C@H](O)C(=O)[C@@H](SCC(=O)O)CC(=O)O1. The van der Waals surface area contributed by atoms with Crippen molar-refractivity contribution >= 4 is 29.5 Å². The number of carboxylic acid groups (broad SMARTS) is 1. The number of hydrogen-bond donors (Lipinski definition) is 2. The largest absolute Gasteiger partial charge is 0.481 e. The van der Waals surface area contributed by atoms with E-state index in [1.807, 2.05) is 0 Å². The number of aliphatic hydroxyl groups is 1. The third kappa shape index (κ3) is 6.95. The van der Waals surface area contributed by atoms with Gasteiger partial charge in [-0.3, -0.25) is 14.4 Å². The van der Waals surface area contributed by atoms with Gasteiger partial charge < -0.3 is 14.9 Å². The summed E-state index contributed by atoms with van der Waals surface area (Å²) in [6.45, 7) is 1.81. The molecule has 1 aliphatic rings. The lowest BCUT2D eigenvalue weighted by molar-refractivity contribution is -0.150. The summed E-state index contributed by atoms with van der Waals surface area (Å²) in [5.41, 5.74) is 0. The quantitative estimate of drug-likeness (QED) is 0.758. The smallest absolute Gasteiger partial charge is 0.313 e. The van der Waals surface area contributed by atoms with Gasteiger partial charge in [0.2, 0.25) is 0 Å². The second kappa shape index (κ2) is 9.04. The van der Waals surface area contributed by atoms with E-state index in [2.05, 4.69) is 0 Å². The number of cyclic esters (lactones) is 1. The van der Waals surface area contributed by atoms with Crippen LogP contribution in [0.15, 0.2) is 0 Å². The fraction of sp³-hybridized carbons (Fsp3) is 0.786. The summed E-state index contributed by atoms with van der Waals surface area (Å²) < 4.78 is 5.21. The lowest BCUT2D eigenvalue weighted by atomic mass is 10.0. The summed E-state index contributed by atoms with van der Waals surface area (Å²) in [5.74, 6) is -2.35. The molecule has 7 heteroatoms. The molecular formula is C14H22O6S. The molecule has 0 amide bonds. The summed E-state index contributed by atoms with van der Waals surface area (Å²) in [7, 11) is 0. The van der Waals surface area contributed by atoms with Gasteiger partial charge in [-0.1, -0.05) is 12.8 Å². The van der Waals surface area contributed by atoms with Gasteiger partial charge in [0.05, 0.1) is 23.5 Å². The number of ether oxygens (including phenoxy) is 1. The van der Waals surface area contributed by atoms with E-state index >= 15 is 0 Å². The molecule has 0 bridgehead atoms. The van der Waals surface area contributed by atoms with E-state index in [9.17, 15) is 19.5 Å². The number of esters is 1. The van der Waals surface area contributed by atoms with Crippen LogP contribution in [0.4, 0.5) is 0 Å². The molecule has 0 radical (unpaired) electrons. The molecule has 2 N–H and O–H groups in total. The van der Waals surface area contributed by atoms with E-state index in [0.717, 1.165) is 37.4 Å². The van der Waals surface area contributed by atoms with E-state index < -0.39 is 29.1 Å². The number of aliphatic carboxylic acids is 1. The average molecular weight is 318 g/mol. The lowest BCUT2D eigenvalue weighted by Crippen LogP contribution is -2.34. The monoisotopic (exact) mass is 318 g/mol. The van der Waals surface area contributed by atoms with Crippen molar-refractivity contribution in [3.05, 3.63) is 0 Å². The number of rotatable bonds is 3. The van der Waals surface area contributed by atoms with Crippen molar-refractivity contribution in [1.82, 2.24) is 0 Å². The van der Waals surface area contributed by atoms with Gasteiger partial charge in [0, 0.05) is 0 Å². The van der Waals surface area contributed by atoms with Crippen LogP contribution in [0.3, 0.4) is 0 Å². The molecule has 1 aliphatic heterocycles. The zero-order valence-corrected chi connectivity index (χ0v) is 12.9. The van der Waals surface area contributed by atoms with Crippen molar-refractivity contribution < 1.29 is 29.3 Å². The van der Waals surface area contributed by atoms with Gasteiger partial charge >= 0.3 is 11.9 Å². The number of carboxylic acids is 1. The van der Waals surface area contributed by atoms with Crippen LogP contribution < -0.4 is 0 Å². The van der Waals surface area contributed by atoms with Crippen molar-refractivity contribution in [3.63, 3.8) is 0 Å². The molecule has 3 atom stereocenters. The molecule has 1 heterocycles. The predicted molar refractivity (Wildman–Crippen MR) is 78.2 cm³/mol. The minimum absolute atomic E-state index is 0.196. The molecule has 0 aromatic rings. The van der Waals surface area contributed by atoms with Gasteiger partial charge in [-0.25, -0.2) is 0 Å². The van der Waals surface area contributed by atoms with Crippen LogP contribution in [0.25, 0.3) is 0 Å². The maximum Gasteiger partial charge on any atom is 0.313 e. The van der Waals surface area contributed by atoms with E-state index in [0.29, 0.717) is 6.42 Å². The van der Waals surface area contributed by atoms with E-state index in [1.54, 1.807) is 6.92 Å². The molecule has 6 nitrogen and oxygen atoms in total. The summed E-state index contributed by atoms with van der Waals surface area (Å²) in [4.78, 5) is 34.6. The molecule has 0 saturated carbocycles. The molecule has 1 rings (SSSR count). The van der Waals surface area contributed by atoms with Crippen LogP contribution in [0, 0.1) is 0 Å². The van der Waals surface area contributed by atoms with Gasteiger partial charge in [0.25, 0.3) is 0 Å². The van der Waals surface area contributed by atoms with Gasteiger partial charge in [-0.05, 0) is 26.2 Å². The molecule has 120 valence electrons. The Morgan fingerprint density at radius 2 is 1.95 bits per heavy atom. The number of thioether (sulfide) groups is 1. The third-order valence-corrected chi connectivity index (χ3v) is 4.54. The van der Waals surface area contributed by atoms with Crippen LogP contribution in [0.2, 0.25) is 0 Å². The Morgan fingerprint density at radius 3 is 2.62 bits per heavy atom. The first-order valence-electron chi connectivity index (χ1n) is 7.14. The van der Waals surface area contributed by atoms with Crippen molar-refractivity contribution in [2.24, 2.45) is 0 Å². The Hall–Kier alpha value is -1.08. The number of ketones is 1. The minimum atomic E-state index is -1.14. The minimum Gasteiger partial charge on any atom is -0.481 e. The highest BCUT2D eigenvalue weighted by atomic mass is 32.2. The highest BCUT2D eigenvalue weighted by Gasteiger charge is 2.29. The predicted octanol–water partition coefficient (Wildman–Crippen LogP) is 1.39. The molecule has 21 heavy (non-hydrogen) atoms. The average Bonchev–Trinajstić information content (AvgIpc) is 2.40. The number of carbonyl (C=O) groups is 3. The van der Waals surface area contributed by atoms with Crippen LogP contribution >= 0.6 is 11.8 Å². The molecule has 0 aromatic carbocycles. The Labute approximate surface area is 128 Å². The molecule has 1 saturated heterocycles. The second-order valence-electron chi connectivity index (χ2n) is 5.25. The number of carbonyl (C=O) groups excluding carboxylic acids is 2. The van der Waals surface area contributed by atoms with Crippen molar-refractivity contribution in [1.29, 1.82) is 0 Å². The maximum absolute atomic E-state index is 12.1. The number of aliphatic hydroxyl groups excluding tert-OH is 1. The molecule has 0 aromatic heterocycles. The maximum atomic E-state index is 12.1. The summed E-state index contributed by atoms with van der Waals surface area (Å²) in [6, 6.07) is 0. The summed E-state index contributed by atoms with van der Waals surface area (Å²) in [5, 5.41) is 17.7. The third-order valence-electron chi connectivity index (χ3n) is 3.33. The van der Waals surface area contributed by atoms with Crippen molar-refractivity contribution in [3.8, 4) is 0 Å². The Kier molecular flexibility index (Phi) is 7.74. The molecule has 0 unspecified atom stereocenters. The molecular weight excluding hydrogens is 296 g/mol. The first kappa shape index (κ1) is 18.0. The van der Waals surface area contributed by atoms with Crippen molar-refractivity contribution in [2.45, 2.75) is 62.9 Å². The number of Topliss-reactive ketones (excluding diaryl/α,β-unsaturated/α-hetero) is 1. The fourth-order valence-electron chi connectivity index (χ4n) is 2.20. The molecule has 0 aliphatic carbocycles. The summed E-state index contributed by atoms with van der Waals surface area (Å²) >= 11 is 0.863. The number of hydrogen-bond acceptors (Lipinski definition) is 6. The van der Waals surface area contributed by atoms with E-state index in [4.69, 9.17) is 9.84 Å². The lowest BCUT2D eigenvalue weighted by Gasteiger charge is -2.20. The normalized spacial score (nSPS) is 29.1. The van der Waals surface area contributed by atoms with Gasteiger partial charge in [0.15, 0.2) is 5.78 Å². The highest BCUT2D eigenvalue weighted by Crippen LogP contribution is 2.22. The van der Waals surface area contributed by atoms with Crippen LogP contribution in [-0.4, -0.2) is 51.1 Å². The topological polar surface area (TPSA) is 101 Å². The van der Waals surface area contributed by atoms with Gasteiger partial charge in [0.1, 0.15) is 6.10 Å². The first-order chi connectivity index (χ1) is 9.90. The Morgan fingerprint density at radius 1 is 1.29 bits per heavy atom. The van der Waals surface area contributed by atoms with Crippen molar-refractivity contribution in [2.75, 3.05) is 5.75 Å². The van der Waals surface area contributed by atoms with Gasteiger partial charge in [-0.2, -0.15) is 0 Å². The van der Waals surface area contributed by atoms with E-state index in [-0.39, 0.29) is 18.3 Å². The fourth-order valence-corrected chi connectivity index (χ4v) is 3.12.